The summed E-state index contributed by atoms with van der Waals surface area (Å²) in [5, 5.41) is 7.72. The first-order chi connectivity index (χ1) is 7.25. The SMILES string of the molecule is Cn1cnnc1COc1cccc(I)c1. The van der Waals surface area contributed by atoms with Crippen LogP contribution in [0.3, 0.4) is 0 Å². The van der Waals surface area contributed by atoms with Crippen LogP contribution in [-0.4, -0.2) is 14.8 Å². The number of halogens is 1. The van der Waals surface area contributed by atoms with Crippen LogP contribution in [0.1, 0.15) is 5.82 Å². The first kappa shape index (κ1) is 10.4. The molecule has 0 fully saturated rings. The molecule has 0 saturated carbocycles. The fraction of sp³-hybridized carbons (Fsp3) is 0.200. The summed E-state index contributed by atoms with van der Waals surface area (Å²) in [5.74, 6) is 1.67. The Hall–Kier alpha value is -1.11. The van der Waals surface area contributed by atoms with E-state index in [2.05, 4.69) is 32.8 Å². The molecule has 78 valence electrons. The highest BCUT2D eigenvalue weighted by Crippen LogP contribution is 2.15. The smallest absolute Gasteiger partial charge is 0.170 e. The van der Waals surface area contributed by atoms with Crippen LogP contribution in [-0.2, 0) is 13.7 Å². The molecule has 0 atom stereocenters. The van der Waals surface area contributed by atoms with Gasteiger partial charge in [-0.15, -0.1) is 10.2 Å². The van der Waals surface area contributed by atoms with E-state index in [0.29, 0.717) is 6.61 Å². The summed E-state index contributed by atoms with van der Waals surface area (Å²) in [5.41, 5.74) is 0. The molecule has 2 rings (SSSR count). The monoisotopic (exact) mass is 315 g/mol. The van der Waals surface area contributed by atoms with Gasteiger partial charge in [0.25, 0.3) is 0 Å². The third-order valence-electron chi connectivity index (χ3n) is 1.97. The van der Waals surface area contributed by atoms with Crippen molar-refractivity contribution in [1.82, 2.24) is 14.8 Å². The molecule has 0 aliphatic carbocycles. The fourth-order valence-corrected chi connectivity index (χ4v) is 1.66. The van der Waals surface area contributed by atoms with Crippen molar-refractivity contribution >= 4 is 22.6 Å². The summed E-state index contributed by atoms with van der Waals surface area (Å²) < 4.78 is 8.58. The van der Waals surface area contributed by atoms with E-state index in [-0.39, 0.29) is 0 Å². The number of ether oxygens (including phenoxy) is 1. The minimum absolute atomic E-state index is 0.441. The highest BCUT2D eigenvalue weighted by Gasteiger charge is 2.01. The zero-order valence-electron chi connectivity index (χ0n) is 8.22. The molecule has 15 heavy (non-hydrogen) atoms. The Morgan fingerprint density at radius 2 is 2.33 bits per heavy atom. The highest BCUT2D eigenvalue weighted by molar-refractivity contribution is 14.1. The lowest BCUT2D eigenvalue weighted by atomic mass is 10.3. The Morgan fingerprint density at radius 1 is 1.47 bits per heavy atom. The van der Waals surface area contributed by atoms with Crippen molar-refractivity contribution in [3.63, 3.8) is 0 Å². The molecule has 0 aliphatic heterocycles. The first-order valence-electron chi connectivity index (χ1n) is 4.47. The maximum Gasteiger partial charge on any atom is 0.170 e. The zero-order chi connectivity index (χ0) is 10.7. The third-order valence-corrected chi connectivity index (χ3v) is 2.64. The second-order valence-electron chi connectivity index (χ2n) is 3.10. The number of hydrogen-bond acceptors (Lipinski definition) is 3. The summed E-state index contributed by atoms with van der Waals surface area (Å²) in [4.78, 5) is 0. The number of aryl methyl sites for hydroxylation is 1. The van der Waals surface area contributed by atoms with Crippen molar-refractivity contribution in [3.8, 4) is 5.75 Å². The minimum atomic E-state index is 0.441. The number of benzene rings is 1. The van der Waals surface area contributed by atoms with Crippen LogP contribution in [0.5, 0.6) is 5.75 Å². The van der Waals surface area contributed by atoms with E-state index in [4.69, 9.17) is 4.74 Å². The first-order valence-corrected chi connectivity index (χ1v) is 5.55. The van der Waals surface area contributed by atoms with E-state index < -0.39 is 0 Å². The van der Waals surface area contributed by atoms with Gasteiger partial charge in [-0.2, -0.15) is 0 Å². The molecule has 5 heteroatoms. The number of rotatable bonds is 3. The second-order valence-corrected chi connectivity index (χ2v) is 4.35. The fourth-order valence-electron chi connectivity index (χ4n) is 1.14. The van der Waals surface area contributed by atoms with Crippen LogP contribution in [0.2, 0.25) is 0 Å². The molecule has 1 aromatic heterocycles. The summed E-state index contributed by atoms with van der Waals surface area (Å²) in [6.45, 7) is 0.441. The third kappa shape index (κ3) is 2.68. The van der Waals surface area contributed by atoms with Gasteiger partial charge in [-0.05, 0) is 40.8 Å². The van der Waals surface area contributed by atoms with E-state index in [1.807, 2.05) is 35.9 Å². The van der Waals surface area contributed by atoms with Gasteiger partial charge >= 0.3 is 0 Å². The lowest BCUT2D eigenvalue weighted by molar-refractivity contribution is 0.291. The number of nitrogens with zero attached hydrogens (tertiary/aromatic N) is 3. The molecule has 0 radical (unpaired) electrons. The molecule has 4 nitrogen and oxygen atoms in total. The van der Waals surface area contributed by atoms with Gasteiger partial charge in [0.1, 0.15) is 18.7 Å². The molecule has 0 amide bonds. The Kier molecular flexibility index (Phi) is 3.20. The van der Waals surface area contributed by atoms with Crippen LogP contribution >= 0.6 is 22.6 Å². The van der Waals surface area contributed by atoms with Gasteiger partial charge in [0.05, 0.1) is 0 Å². The maximum atomic E-state index is 5.58. The van der Waals surface area contributed by atoms with Gasteiger partial charge in [0.15, 0.2) is 5.82 Å². The van der Waals surface area contributed by atoms with Gasteiger partial charge in [-0.3, -0.25) is 0 Å². The van der Waals surface area contributed by atoms with E-state index >= 15 is 0 Å². The van der Waals surface area contributed by atoms with Crippen LogP contribution in [0.4, 0.5) is 0 Å². The lowest BCUT2D eigenvalue weighted by Gasteiger charge is -2.05. The minimum Gasteiger partial charge on any atom is -0.486 e. The second kappa shape index (κ2) is 4.61. The Labute approximate surface area is 101 Å². The molecular formula is C10H10IN3O. The van der Waals surface area contributed by atoms with E-state index in [1.54, 1.807) is 6.33 Å². The molecule has 0 spiro atoms. The average Bonchev–Trinajstić information content (AvgIpc) is 2.61. The largest absolute Gasteiger partial charge is 0.486 e. The van der Waals surface area contributed by atoms with E-state index in [1.165, 1.54) is 0 Å². The van der Waals surface area contributed by atoms with E-state index in [0.717, 1.165) is 15.1 Å². The van der Waals surface area contributed by atoms with Crippen molar-refractivity contribution < 1.29 is 4.74 Å². The van der Waals surface area contributed by atoms with Crippen molar-refractivity contribution in [3.05, 3.63) is 40.0 Å². The maximum absolute atomic E-state index is 5.58. The molecular weight excluding hydrogens is 305 g/mol. The standard InChI is InChI=1S/C10H10IN3O/c1-14-7-12-13-10(14)6-15-9-4-2-3-8(11)5-9/h2-5,7H,6H2,1H3. The van der Waals surface area contributed by atoms with Crippen LogP contribution in [0.25, 0.3) is 0 Å². The van der Waals surface area contributed by atoms with Gasteiger partial charge in [0, 0.05) is 10.6 Å². The highest BCUT2D eigenvalue weighted by atomic mass is 127. The molecule has 0 saturated heterocycles. The quantitative estimate of drug-likeness (QED) is 0.814. The molecule has 0 aliphatic rings. The topological polar surface area (TPSA) is 39.9 Å². The molecule has 0 N–H and O–H groups in total. The van der Waals surface area contributed by atoms with Gasteiger partial charge in [-0.1, -0.05) is 6.07 Å². The molecule has 2 aromatic rings. The summed E-state index contributed by atoms with van der Waals surface area (Å²) in [7, 11) is 1.90. The van der Waals surface area contributed by atoms with Crippen LogP contribution < -0.4 is 4.74 Å². The molecule has 1 aromatic carbocycles. The van der Waals surface area contributed by atoms with E-state index in [9.17, 15) is 0 Å². The van der Waals surface area contributed by atoms with Crippen molar-refractivity contribution in [1.29, 1.82) is 0 Å². The molecule has 0 bridgehead atoms. The van der Waals surface area contributed by atoms with Gasteiger partial charge < -0.3 is 9.30 Å². The summed E-state index contributed by atoms with van der Waals surface area (Å²) in [6.07, 6.45) is 1.66. The van der Waals surface area contributed by atoms with Crippen molar-refractivity contribution in [2.45, 2.75) is 6.61 Å². The zero-order valence-corrected chi connectivity index (χ0v) is 10.4. The van der Waals surface area contributed by atoms with Gasteiger partial charge in [0.2, 0.25) is 0 Å². The van der Waals surface area contributed by atoms with Crippen LogP contribution in [0, 0.1) is 3.57 Å². The Morgan fingerprint density at radius 3 is 3.00 bits per heavy atom. The lowest BCUT2D eigenvalue weighted by Crippen LogP contribution is -2.02. The summed E-state index contributed by atoms with van der Waals surface area (Å²) >= 11 is 2.25. The predicted octanol–water partition coefficient (Wildman–Crippen LogP) is 2.00. The average molecular weight is 315 g/mol. The molecule has 0 unspecified atom stereocenters. The van der Waals surface area contributed by atoms with Crippen LogP contribution in [0.15, 0.2) is 30.6 Å². The number of hydrogen-bond donors (Lipinski definition) is 0. The normalized spacial score (nSPS) is 10.3. The summed E-state index contributed by atoms with van der Waals surface area (Å²) in [6, 6.07) is 7.90. The van der Waals surface area contributed by atoms with Crippen molar-refractivity contribution in [2.24, 2.45) is 7.05 Å². The van der Waals surface area contributed by atoms with Crippen molar-refractivity contribution in [2.75, 3.05) is 0 Å². The van der Waals surface area contributed by atoms with Gasteiger partial charge in [-0.25, -0.2) is 0 Å². The predicted molar refractivity (Wildman–Crippen MR) is 64.5 cm³/mol. The molecule has 1 heterocycles. The number of aromatic nitrogens is 3. The Bertz CT molecular complexity index is 455. The Balaban J connectivity index is 2.02.